The number of rotatable bonds is 5. The van der Waals surface area contributed by atoms with Gasteiger partial charge in [0.15, 0.2) is 11.6 Å². The Labute approximate surface area is 99.6 Å². The monoisotopic (exact) mass is 272 g/mol. The summed E-state index contributed by atoms with van der Waals surface area (Å²) in [4.78, 5) is 6.85. The average molecular weight is 273 g/mol. The van der Waals surface area contributed by atoms with Crippen molar-refractivity contribution in [1.29, 1.82) is 0 Å². The minimum absolute atomic E-state index is 0.430. The topological polar surface area (TPSA) is 25.4 Å². The van der Waals surface area contributed by atoms with E-state index in [2.05, 4.69) is 32.7 Å². The fourth-order valence-electron chi connectivity index (χ4n) is 1.40. The number of anilines is 1. The Kier molecular flexibility index (Phi) is 4.88. The smallest absolute Gasteiger partial charge is 0.171 e. The Bertz CT molecular complexity index is 304. The number of aromatic nitrogens is 1. The lowest BCUT2D eigenvalue weighted by atomic mass is 10.3. The highest BCUT2D eigenvalue weighted by Crippen LogP contribution is 2.24. The molecule has 0 spiro atoms. The predicted molar refractivity (Wildman–Crippen MR) is 67.1 cm³/mol. The van der Waals surface area contributed by atoms with Crippen LogP contribution in [0.15, 0.2) is 18.3 Å². The Morgan fingerprint density at radius 1 is 1.60 bits per heavy atom. The Balaban J connectivity index is 2.81. The maximum atomic E-state index is 5.52. The maximum Gasteiger partial charge on any atom is 0.171 e. The Morgan fingerprint density at radius 2 is 2.33 bits per heavy atom. The van der Waals surface area contributed by atoms with Gasteiger partial charge in [0.25, 0.3) is 0 Å². The molecule has 0 saturated heterocycles. The molecule has 0 aromatic carbocycles. The van der Waals surface area contributed by atoms with Crippen LogP contribution < -0.4 is 9.64 Å². The van der Waals surface area contributed by atoms with E-state index in [9.17, 15) is 0 Å². The SMILES string of the molecule is CCOc1cccnc1N(C)CC(C)Br. The van der Waals surface area contributed by atoms with Gasteiger partial charge in [-0.25, -0.2) is 4.98 Å². The van der Waals surface area contributed by atoms with Crippen molar-refractivity contribution in [3.8, 4) is 5.75 Å². The summed E-state index contributed by atoms with van der Waals surface area (Å²) >= 11 is 3.53. The quantitative estimate of drug-likeness (QED) is 0.771. The molecule has 4 heteroatoms. The molecule has 1 aromatic rings. The van der Waals surface area contributed by atoms with Crippen LogP contribution in [0.5, 0.6) is 5.75 Å². The zero-order valence-corrected chi connectivity index (χ0v) is 11.0. The van der Waals surface area contributed by atoms with E-state index < -0.39 is 0 Å². The Hall–Kier alpha value is -0.770. The number of nitrogens with zero attached hydrogens (tertiary/aromatic N) is 2. The van der Waals surface area contributed by atoms with Crippen molar-refractivity contribution < 1.29 is 4.74 Å². The summed E-state index contributed by atoms with van der Waals surface area (Å²) in [5.74, 6) is 1.74. The van der Waals surface area contributed by atoms with Gasteiger partial charge in [0, 0.05) is 24.6 Å². The van der Waals surface area contributed by atoms with Crippen LogP contribution in [0.2, 0.25) is 0 Å². The van der Waals surface area contributed by atoms with Crippen LogP contribution in [0.25, 0.3) is 0 Å². The molecule has 0 amide bonds. The van der Waals surface area contributed by atoms with Crippen molar-refractivity contribution in [3.63, 3.8) is 0 Å². The van der Waals surface area contributed by atoms with Crippen LogP contribution in [-0.4, -0.2) is 30.0 Å². The molecular formula is C11H17BrN2O. The molecule has 0 saturated carbocycles. The first kappa shape index (κ1) is 12.3. The van der Waals surface area contributed by atoms with Gasteiger partial charge in [0.2, 0.25) is 0 Å². The van der Waals surface area contributed by atoms with Gasteiger partial charge in [-0.3, -0.25) is 0 Å². The molecule has 1 aromatic heterocycles. The van der Waals surface area contributed by atoms with Crippen LogP contribution in [0, 0.1) is 0 Å². The Morgan fingerprint density at radius 3 is 2.93 bits per heavy atom. The molecule has 84 valence electrons. The van der Waals surface area contributed by atoms with Gasteiger partial charge in [-0.1, -0.05) is 22.9 Å². The summed E-state index contributed by atoms with van der Waals surface area (Å²) in [7, 11) is 2.02. The van der Waals surface area contributed by atoms with Gasteiger partial charge < -0.3 is 9.64 Å². The highest BCUT2D eigenvalue weighted by molar-refractivity contribution is 9.09. The summed E-state index contributed by atoms with van der Waals surface area (Å²) in [5.41, 5.74) is 0. The fourth-order valence-corrected chi connectivity index (χ4v) is 1.84. The second-order valence-corrected chi connectivity index (χ2v) is 4.98. The maximum absolute atomic E-state index is 5.52. The summed E-state index contributed by atoms with van der Waals surface area (Å²) in [5, 5.41) is 0. The highest BCUT2D eigenvalue weighted by Gasteiger charge is 2.10. The first-order valence-corrected chi connectivity index (χ1v) is 5.99. The number of alkyl halides is 1. The zero-order chi connectivity index (χ0) is 11.3. The van der Waals surface area contributed by atoms with Gasteiger partial charge in [0.1, 0.15) is 0 Å². The van der Waals surface area contributed by atoms with E-state index in [-0.39, 0.29) is 0 Å². The molecule has 1 heterocycles. The average Bonchev–Trinajstić information content (AvgIpc) is 2.18. The molecule has 0 fully saturated rings. The third-order valence-electron chi connectivity index (χ3n) is 1.94. The molecule has 3 nitrogen and oxygen atoms in total. The van der Waals surface area contributed by atoms with Crippen LogP contribution in [0.4, 0.5) is 5.82 Å². The number of hydrogen-bond acceptors (Lipinski definition) is 3. The van der Waals surface area contributed by atoms with Crippen molar-refractivity contribution >= 4 is 21.7 Å². The standard InChI is InChI=1S/C11H17BrN2O/c1-4-15-10-6-5-7-13-11(10)14(3)8-9(2)12/h5-7,9H,4,8H2,1-3H3. The third-order valence-corrected chi connectivity index (χ3v) is 2.23. The van der Waals surface area contributed by atoms with Gasteiger partial charge in [0.05, 0.1) is 6.61 Å². The van der Waals surface area contributed by atoms with Gasteiger partial charge in [-0.2, -0.15) is 0 Å². The van der Waals surface area contributed by atoms with Gasteiger partial charge >= 0.3 is 0 Å². The molecule has 1 rings (SSSR count). The minimum atomic E-state index is 0.430. The lowest BCUT2D eigenvalue weighted by molar-refractivity contribution is 0.339. The van der Waals surface area contributed by atoms with E-state index in [0.29, 0.717) is 11.4 Å². The molecule has 0 aliphatic heterocycles. The van der Waals surface area contributed by atoms with Crippen molar-refractivity contribution in [2.75, 3.05) is 25.1 Å². The van der Waals surface area contributed by atoms with E-state index in [1.807, 2.05) is 26.1 Å². The van der Waals surface area contributed by atoms with Crippen molar-refractivity contribution in [2.24, 2.45) is 0 Å². The molecule has 1 atom stereocenters. The molecule has 0 bridgehead atoms. The second kappa shape index (κ2) is 5.95. The summed E-state index contributed by atoms with van der Waals surface area (Å²) in [6, 6.07) is 3.83. The molecule has 0 N–H and O–H groups in total. The van der Waals surface area contributed by atoms with E-state index >= 15 is 0 Å². The van der Waals surface area contributed by atoms with Crippen molar-refractivity contribution in [2.45, 2.75) is 18.7 Å². The summed E-state index contributed by atoms with van der Waals surface area (Å²) in [6.07, 6.45) is 1.78. The largest absolute Gasteiger partial charge is 0.490 e. The number of pyridine rings is 1. The third kappa shape index (κ3) is 3.70. The molecule has 0 aliphatic carbocycles. The van der Waals surface area contributed by atoms with E-state index in [0.717, 1.165) is 18.1 Å². The summed E-state index contributed by atoms with van der Waals surface area (Å²) in [6.45, 7) is 5.65. The van der Waals surface area contributed by atoms with Crippen molar-refractivity contribution in [1.82, 2.24) is 4.98 Å². The van der Waals surface area contributed by atoms with E-state index in [1.165, 1.54) is 0 Å². The van der Waals surface area contributed by atoms with Gasteiger partial charge in [-0.05, 0) is 19.1 Å². The van der Waals surface area contributed by atoms with Crippen molar-refractivity contribution in [3.05, 3.63) is 18.3 Å². The fraction of sp³-hybridized carbons (Fsp3) is 0.545. The van der Waals surface area contributed by atoms with E-state index in [4.69, 9.17) is 4.74 Å². The number of hydrogen-bond donors (Lipinski definition) is 0. The lowest BCUT2D eigenvalue weighted by Crippen LogP contribution is -2.25. The normalized spacial score (nSPS) is 12.3. The molecule has 1 unspecified atom stereocenters. The molecule has 0 aliphatic rings. The molecular weight excluding hydrogens is 256 g/mol. The zero-order valence-electron chi connectivity index (χ0n) is 9.40. The predicted octanol–water partition coefficient (Wildman–Crippen LogP) is 2.70. The van der Waals surface area contributed by atoms with Crippen LogP contribution in [0.3, 0.4) is 0 Å². The van der Waals surface area contributed by atoms with Crippen LogP contribution >= 0.6 is 15.9 Å². The lowest BCUT2D eigenvalue weighted by Gasteiger charge is -2.21. The van der Waals surface area contributed by atoms with Gasteiger partial charge in [-0.15, -0.1) is 0 Å². The van der Waals surface area contributed by atoms with Crippen LogP contribution in [-0.2, 0) is 0 Å². The number of ether oxygens (including phenoxy) is 1. The molecule has 15 heavy (non-hydrogen) atoms. The second-order valence-electron chi connectivity index (χ2n) is 3.42. The van der Waals surface area contributed by atoms with Crippen LogP contribution in [0.1, 0.15) is 13.8 Å². The highest BCUT2D eigenvalue weighted by atomic mass is 79.9. The first-order valence-electron chi connectivity index (χ1n) is 5.08. The minimum Gasteiger partial charge on any atom is -0.490 e. The molecule has 0 radical (unpaired) electrons. The number of halogens is 1. The summed E-state index contributed by atoms with van der Waals surface area (Å²) < 4.78 is 5.52. The van der Waals surface area contributed by atoms with E-state index in [1.54, 1.807) is 6.20 Å². The first-order chi connectivity index (χ1) is 7.15.